The van der Waals surface area contributed by atoms with E-state index in [4.69, 9.17) is 10.1 Å². The highest BCUT2D eigenvalue weighted by Crippen LogP contribution is 2.39. The van der Waals surface area contributed by atoms with E-state index in [0.717, 1.165) is 53.1 Å². The number of aliphatic imine (C=N–C) groups is 1. The summed E-state index contributed by atoms with van der Waals surface area (Å²) in [5.41, 5.74) is 7.22. The van der Waals surface area contributed by atoms with Crippen LogP contribution in [-0.2, 0) is 10.0 Å². The van der Waals surface area contributed by atoms with Gasteiger partial charge in [0.25, 0.3) is 0 Å². The number of hydrogen-bond donors (Lipinski definition) is 2. The zero-order valence-corrected chi connectivity index (χ0v) is 31.3. The van der Waals surface area contributed by atoms with Crippen LogP contribution in [0.4, 0.5) is 9.52 Å². The van der Waals surface area contributed by atoms with E-state index < -0.39 is 22.4 Å². The minimum atomic E-state index is -3.72. The molecular formula is C37H47FN6O3S2. The van der Waals surface area contributed by atoms with Gasteiger partial charge >= 0.3 is 0 Å². The van der Waals surface area contributed by atoms with E-state index in [2.05, 4.69) is 72.5 Å². The number of hydrogen-bond acceptors (Lipinski definition) is 9. The topological polar surface area (TPSA) is 122 Å². The minimum absolute atomic E-state index is 0.182. The van der Waals surface area contributed by atoms with Gasteiger partial charge in [0.1, 0.15) is 34.1 Å². The Labute approximate surface area is 295 Å². The largest absolute Gasteiger partial charge is 0.395 e. The van der Waals surface area contributed by atoms with Crippen LogP contribution in [0.1, 0.15) is 79.5 Å². The summed E-state index contributed by atoms with van der Waals surface area (Å²) in [6.45, 7) is 16.2. The maximum Gasteiger partial charge on any atom is 0.235 e. The Balaban J connectivity index is 2.25. The molecule has 0 saturated heterocycles. The molecule has 2 aromatic rings. The maximum atomic E-state index is 13.7. The van der Waals surface area contributed by atoms with Gasteiger partial charge in [-0.1, -0.05) is 49.8 Å². The first-order valence-corrected chi connectivity index (χ1v) is 18.9. The van der Waals surface area contributed by atoms with E-state index >= 15 is 0 Å². The lowest BCUT2D eigenvalue weighted by Gasteiger charge is -2.37. The Morgan fingerprint density at radius 3 is 2.37 bits per heavy atom. The molecule has 262 valence electrons. The summed E-state index contributed by atoms with van der Waals surface area (Å²) in [6, 6.07) is 8.29. The number of nitriles is 1. The van der Waals surface area contributed by atoms with Crippen LogP contribution >= 0.6 is 11.3 Å². The molecular weight excluding hydrogens is 660 g/mol. The zero-order chi connectivity index (χ0) is 36.3. The molecule has 9 nitrogen and oxygen atoms in total. The van der Waals surface area contributed by atoms with Crippen LogP contribution < -0.4 is 9.62 Å². The summed E-state index contributed by atoms with van der Waals surface area (Å²) in [5.74, 6) is 0.316. The smallest absolute Gasteiger partial charge is 0.235 e. The van der Waals surface area contributed by atoms with E-state index in [1.807, 2.05) is 26.0 Å². The fourth-order valence-corrected chi connectivity index (χ4v) is 6.73. The van der Waals surface area contributed by atoms with Crippen LogP contribution in [0, 0.1) is 17.1 Å². The van der Waals surface area contributed by atoms with Gasteiger partial charge < -0.3 is 14.9 Å². The predicted molar refractivity (Wildman–Crippen MR) is 200 cm³/mol. The molecule has 49 heavy (non-hydrogen) atoms. The van der Waals surface area contributed by atoms with Crippen molar-refractivity contribution >= 4 is 32.3 Å². The number of benzene rings is 1. The highest BCUT2D eigenvalue weighted by molar-refractivity contribution is 7.90. The number of halogens is 1. The monoisotopic (exact) mass is 706 g/mol. The van der Waals surface area contributed by atoms with Crippen molar-refractivity contribution in [3.8, 4) is 17.3 Å². The van der Waals surface area contributed by atoms with E-state index in [0.29, 0.717) is 27.8 Å². The maximum absolute atomic E-state index is 13.7. The molecule has 0 radical (unpaired) electrons. The molecule has 0 bridgehead atoms. The summed E-state index contributed by atoms with van der Waals surface area (Å²) in [5, 5.41) is 19.8. The number of nitrogens with one attached hydrogen (secondary N) is 1. The van der Waals surface area contributed by atoms with Gasteiger partial charge in [0.05, 0.1) is 12.4 Å². The highest BCUT2D eigenvalue weighted by atomic mass is 32.2. The van der Waals surface area contributed by atoms with E-state index in [1.54, 1.807) is 25.3 Å². The molecule has 0 saturated carbocycles. The second kappa shape index (κ2) is 17.9. The first-order chi connectivity index (χ1) is 23.3. The quantitative estimate of drug-likeness (QED) is 0.115. The normalized spacial score (nSPS) is 15.9. The van der Waals surface area contributed by atoms with E-state index in [1.165, 1.54) is 29.0 Å². The number of amidine groups is 1. The van der Waals surface area contributed by atoms with E-state index in [9.17, 15) is 18.1 Å². The van der Waals surface area contributed by atoms with Crippen LogP contribution in [0.5, 0.6) is 0 Å². The van der Waals surface area contributed by atoms with Crippen LogP contribution in [0.3, 0.4) is 0 Å². The Kier molecular flexibility index (Phi) is 14.3. The Morgan fingerprint density at radius 2 is 1.80 bits per heavy atom. The third-order valence-corrected chi connectivity index (χ3v) is 10.4. The predicted octanol–water partition coefficient (Wildman–Crippen LogP) is 8.30. The van der Waals surface area contributed by atoms with Gasteiger partial charge in [0.2, 0.25) is 10.0 Å². The van der Waals surface area contributed by atoms with Crippen LogP contribution in [0.2, 0.25) is 0 Å². The Bertz CT molecular complexity index is 1870. The van der Waals surface area contributed by atoms with Gasteiger partial charge in [-0.2, -0.15) is 5.26 Å². The number of aliphatic hydroxyl groups is 1. The number of thiazole rings is 1. The van der Waals surface area contributed by atoms with Crippen molar-refractivity contribution in [1.29, 1.82) is 5.26 Å². The van der Waals surface area contributed by atoms with Crippen LogP contribution in [-0.4, -0.2) is 48.1 Å². The number of anilines is 1. The van der Waals surface area contributed by atoms with Crippen molar-refractivity contribution in [1.82, 2.24) is 14.6 Å². The van der Waals surface area contributed by atoms with Gasteiger partial charge in [-0.25, -0.2) is 22.8 Å². The third-order valence-electron chi connectivity index (χ3n) is 8.05. The molecule has 2 heterocycles. The molecule has 0 fully saturated rings. The summed E-state index contributed by atoms with van der Waals surface area (Å²) < 4.78 is 40.6. The fraction of sp³-hybridized carbons (Fsp3) is 0.378. The van der Waals surface area contributed by atoms with Crippen molar-refractivity contribution < 1.29 is 17.9 Å². The molecule has 1 aliphatic heterocycles. The number of nitrogens with zero attached hydrogens (tertiary/aromatic N) is 5. The zero-order valence-electron chi connectivity index (χ0n) is 29.6. The number of aliphatic hydroxyl groups excluding tert-OH is 1. The van der Waals surface area contributed by atoms with Gasteiger partial charge in [-0.15, -0.1) is 0 Å². The molecule has 1 aromatic carbocycles. The molecule has 0 unspecified atom stereocenters. The van der Waals surface area contributed by atoms with Gasteiger partial charge in [-0.3, -0.25) is 4.72 Å². The minimum Gasteiger partial charge on any atom is -0.395 e. The van der Waals surface area contributed by atoms with Crippen molar-refractivity contribution in [3.63, 3.8) is 0 Å². The molecule has 12 heteroatoms. The molecule has 0 aliphatic carbocycles. The lowest BCUT2D eigenvalue weighted by molar-refractivity contribution is 0.319. The van der Waals surface area contributed by atoms with Crippen LogP contribution in [0.15, 0.2) is 99.3 Å². The summed E-state index contributed by atoms with van der Waals surface area (Å²) >= 11 is 1.30. The second-order valence-corrected chi connectivity index (χ2v) is 14.4. The molecule has 2 N–H and O–H groups in total. The summed E-state index contributed by atoms with van der Waals surface area (Å²) in [7, 11) is -3.72. The average molecular weight is 707 g/mol. The van der Waals surface area contributed by atoms with Crippen molar-refractivity contribution in [2.75, 3.05) is 23.8 Å². The average Bonchev–Trinajstić information content (AvgIpc) is 3.52. The fourth-order valence-electron chi connectivity index (χ4n) is 4.93. The van der Waals surface area contributed by atoms with Gasteiger partial charge in [-0.05, 0) is 101 Å². The van der Waals surface area contributed by atoms with Crippen molar-refractivity contribution in [3.05, 3.63) is 105 Å². The molecule has 1 aromatic heterocycles. The van der Waals surface area contributed by atoms with E-state index in [-0.39, 0.29) is 11.7 Å². The number of allylic oxidation sites excluding steroid dienone is 8. The summed E-state index contributed by atoms with van der Waals surface area (Å²) in [6.07, 6.45) is 12.3. The lowest BCUT2D eigenvalue weighted by Crippen LogP contribution is -2.34. The second-order valence-electron chi connectivity index (χ2n) is 11.6. The van der Waals surface area contributed by atoms with Crippen molar-refractivity contribution in [2.24, 2.45) is 4.99 Å². The Morgan fingerprint density at radius 1 is 1.10 bits per heavy atom. The first-order valence-electron chi connectivity index (χ1n) is 16.4. The molecule has 0 spiro atoms. The Hall–Kier alpha value is -4.31. The third kappa shape index (κ3) is 10.1. The SMILES string of the molecule is CC\C(C)=C/C(=C\N=C(/C)NS(=O)(=O)CCO)C1=CN(/C(=C(\C)CC)N(CC)c2nc(-c3ccc(F)cc3)c(C#N)s2)/C(=C(/C)CC)C=C1. The number of sulfonamides is 1. The summed E-state index contributed by atoms with van der Waals surface area (Å²) in [4.78, 5) is 14.1. The molecule has 1 aliphatic rings. The first kappa shape index (κ1) is 39.1. The van der Waals surface area contributed by atoms with Gasteiger partial charge in [0, 0.05) is 35.8 Å². The van der Waals surface area contributed by atoms with Crippen LogP contribution in [0.25, 0.3) is 11.3 Å². The highest BCUT2D eigenvalue weighted by Gasteiger charge is 2.27. The molecule has 0 atom stereocenters. The lowest BCUT2D eigenvalue weighted by atomic mass is 9.99. The van der Waals surface area contributed by atoms with Crippen molar-refractivity contribution in [2.45, 2.75) is 74.7 Å². The molecule has 0 amide bonds. The molecule has 3 rings (SSSR count). The number of aromatic nitrogens is 1. The standard InChI is InChI=1S/C37H47FN6O3S2/c1-9-25(5)21-31(23-40-28(8)42-49(46,47)20-19-45)30-15-18-33(26(6)10-2)44(24-30)36(27(7)11-3)43(12-4)37-41-35(34(22-39)48-37)29-13-16-32(38)17-14-29/h13-18,21,23-24,45H,9-12,19-20H2,1-8H3,(H,40,42)/b25-21-,31-23+,33-26-,36-27+. The number of rotatable bonds is 14. The van der Waals surface area contributed by atoms with Gasteiger partial charge in [0.15, 0.2) is 5.13 Å².